The van der Waals surface area contributed by atoms with Gasteiger partial charge in [-0.1, -0.05) is 12.5 Å². The molecule has 3 rings (SSSR count). The van der Waals surface area contributed by atoms with Crippen LogP contribution in [0.15, 0.2) is 12.1 Å². The van der Waals surface area contributed by atoms with Gasteiger partial charge >= 0.3 is 0 Å². The van der Waals surface area contributed by atoms with Crippen molar-refractivity contribution >= 4 is 10.9 Å². The molecule has 2 heterocycles. The van der Waals surface area contributed by atoms with Crippen LogP contribution in [0.3, 0.4) is 0 Å². The number of phenols is 1. The highest BCUT2D eigenvalue weighted by Gasteiger charge is 2.20. The number of fused-ring (bicyclic) bond motifs is 1. The van der Waals surface area contributed by atoms with Crippen molar-refractivity contribution in [3.63, 3.8) is 0 Å². The monoisotopic (exact) mass is 244 g/mol. The zero-order valence-electron chi connectivity index (χ0n) is 11.0. The number of phenolic OH excluding ortho intramolecular Hbond substituents is 1. The minimum atomic E-state index is 0.303. The van der Waals surface area contributed by atoms with Crippen LogP contribution in [0.5, 0.6) is 5.75 Å². The van der Waals surface area contributed by atoms with Crippen molar-refractivity contribution in [1.29, 1.82) is 0 Å². The number of aromatic hydroxyl groups is 1. The molecule has 3 heteroatoms. The molecule has 1 aliphatic heterocycles. The van der Waals surface area contributed by atoms with Crippen LogP contribution in [0.4, 0.5) is 0 Å². The lowest BCUT2D eigenvalue weighted by Crippen LogP contribution is -2.26. The fraction of sp³-hybridized carbons (Fsp3) is 0.467. The molecule has 0 saturated carbocycles. The molecule has 0 bridgehead atoms. The van der Waals surface area contributed by atoms with E-state index in [0.29, 0.717) is 11.8 Å². The van der Waals surface area contributed by atoms with E-state index in [4.69, 9.17) is 0 Å². The van der Waals surface area contributed by atoms with Gasteiger partial charge in [-0.3, -0.25) is 0 Å². The number of aryl methyl sites for hydroxylation is 2. The Morgan fingerprint density at radius 1 is 1.22 bits per heavy atom. The number of hydrogen-bond acceptors (Lipinski definition) is 2. The van der Waals surface area contributed by atoms with Crippen molar-refractivity contribution in [1.82, 2.24) is 10.3 Å². The molecule has 0 spiro atoms. The number of aromatic amines is 1. The minimum absolute atomic E-state index is 0.303. The smallest absolute Gasteiger partial charge is 0.129 e. The zero-order valence-corrected chi connectivity index (χ0v) is 11.0. The summed E-state index contributed by atoms with van der Waals surface area (Å²) >= 11 is 0. The highest BCUT2D eigenvalue weighted by atomic mass is 16.3. The average molecular weight is 244 g/mol. The Bertz CT molecular complexity index is 580. The maximum Gasteiger partial charge on any atom is 0.129 e. The van der Waals surface area contributed by atoms with Gasteiger partial charge in [0, 0.05) is 28.2 Å². The molecular formula is C15H20N2O. The van der Waals surface area contributed by atoms with Crippen LogP contribution in [-0.4, -0.2) is 16.6 Å². The maximum atomic E-state index is 10.5. The number of H-pyrrole nitrogens is 1. The van der Waals surface area contributed by atoms with E-state index in [9.17, 15) is 5.11 Å². The molecule has 1 saturated heterocycles. The summed E-state index contributed by atoms with van der Waals surface area (Å²) in [5, 5.41) is 15.0. The van der Waals surface area contributed by atoms with Crippen LogP contribution in [0.25, 0.3) is 10.9 Å². The molecule has 18 heavy (non-hydrogen) atoms. The first-order chi connectivity index (χ1) is 8.68. The summed E-state index contributed by atoms with van der Waals surface area (Å²) in [7, 11) is 0. The average Bonchev–Trinajstić information content (AvgIpc) is 2.67. The molecule has 96 valence electrons. The van der Waals surface area contributed by atoms with Gasteiger partial charge in [-0.15, -0.1) is 0 Å². The van der Waals surface area contributed by atoms with E-state index in [-0.39, 0.29) is 0 Å². The summed E-state index contributed by atoms with van der Waals surface area (Å²) in [6, 6.07) is 4.44. The van der Waals surface area contributed by atoms with Crippen LogP contribution in [0.2, 0.25) is 0 Å². The second-order valence-corrected chi connectivity index (χ2v) is 5.30. The second kappa shape index (κ2) is 4.32. The Kier molecular flexibility index (Phi) is 2.78. The molecule has 0 amide bonds. The van der Waals surface area contributed by atoms with Gasteiger partial charge in [-0.05, 0) is 44.9 Å². The van der Waals surface area contributed by atoms with E-state index >= 15 is 0 Å². The van der Waals surface area contributed by atoms with E-state index in [1.54, 1.807) is 0 Å². The lowest BCUT2D eigenvalue weighted by molar-refractivity contribution is 0.393. The first-order valence-corrected chi connectivity index (χ1v) is 6.72. The van der Waals surface area contributed by atoms with Crippen molar-refractivity contribution in [3.05, 3.63) is 29.0 Å². The third kappa shape index (κ3) is 1.70. The molecule has 3 nitrogen and oxygen atoms in total. The molecule has 0 aliphatic carbocycles. The summed E-state index contributed by atoms with van der Waals surface area (Å²) in [6.45, 7) is 5.16. The van der Waals surface area contributed by atoms with E-state index in [1.165, 1.54) is 12.8 Å². The Balaban J connectivity index is 2.13. The van der Waals surface area contributed by atoms with Gasteiger partial charge in [-0.25, -0.2) is 0 Å². The quantitative estimate of drug-likeness (QED) is 0.720. The fourth-order valence-electron chi connectivity index (χ4n) is 2.97. The first kappa shape index (κ1) is 11.6. The predicted octanol–water partition coefficient (Wildman–Crippen LogP) is 3.30. The molecule has 1 aromatic heterocycles. The number of nitrogens with one attached hydrogen (secondary N) is 2. The first-order valence-electron chi connectivity index (χ1n) is 6.72. The SMILES string of the molecule is Cc1[nH]c2ccc(C3CCCCN3)c(O)c2c1C. The standard InChI is InChI=1S/C15H20N2O/c1-9-10(2)17-13-7-6-11(15(18)14(9)13)12-5-3-4-8-16-12/h6-7,12,16-18H,3-5,8H2,1-2H3. The lowest BCUT2D eigenvalue weighted by Gasteiger charge is -2.24. The summed E-state index contributed by atoms with van der Waals surface area (Å²) in [5.41, 5.74) is 4.36. The van der Waals surface area contributed by atoms with Crippen LogP contribution in [0.1, 0.15) is 42.1 Å². The minimum Gasteiger partial charge on any atom is -0.507 e. The molecule has 2 aromatic rings. The van der Waals surface area contributed by atoms with E-state index in [1.807, 2.05) is 6.92 Å². The van der Waals surface area contributed by atoms with Crippen molar-refractivity contribution in [3.8, 4) is 5.75 Å². The number of aromatic nitrogens is 1. The van der Waals surface area contributed by atoms with E-state index in [0.717, 1.165) is 40.7 Å². The Hall–Kier alpha value is -1.48. The second-order valence-electron chi connectivity index (χ2n) is 5.30. The van der Waals surface area contributed by atoms with E-state index < -0.39 is 0 Å². The molecule has 0 radical (unpaired) electrons. The molecular weight excluding hydrogens is 224 g/mol. The van der Waals surface area contributed by atoms with Gasteiger partial charge in [0.05, 0.1) is 0 Å². The molecule has 1 aromatic carbocycles. The Morgan fingerprint density at radius 2 is 2.06 bits per heavy atom. The topological polar surface area (TPSA) is 48.0 Å². The summed E-state index contributed by atoms with van der Waals surface area (Å²) in [6.07, 6.45) is 3.59. The predicted molar refractivity (Wildman–Crippen MR) is 74.0 cm³/mol. The fourth-order valence-corrected chi connectivity index (χ4v) is 2.97. The Morgan fingerprint density at radius 3 is 2.78 bits per heavy atom. The highest BCUT2D eigenvalue weighted by Crippen LogP contribution is 2.37. The van der Waals surface area contributed by atoms with Crippen molar-refractivity contribution in [2.45, 2.75) is 39.2 Å². The number of piperidine rings is 1. The summed E-state index contributed by atoms with van der Waals surface area (Å²) in [5.74, 6) is 0.453. The zero-order chi connectivity index (χ0) is 12.7. The third-order valence-electron chi connectivity index (χ3n) is 4.15. The van der Waals surface area contributed by atoms with Gasteiger partial charge in [0.1, 0.15) is 5.75 Å². The summed E-state index contributed by atoms with van der Waals surface area (Å²) in [4.78, 5) is 3.32. The van der Waals surface area contributed by atoms with Gasteiger partial charge < -0.3 is 15.4 Å². The van der Waals surface area contributed by atoms with Crippen LogP contribution in [-0.2, 0) is 0 Å². The lowest BCUT2D eigenvalue weighted by atomic mass is 9.95. The van der Waals surface area contributed by atoms with Crippen molar-refractivity contribution in [2.75, 3.05) is 6.54 Å². The van der Waals surface area contributed by atoms with Gasteiger partial charge in [-0.2, -0.15) is 0 Å². The maximum absolute atomic E-state index is 10.5. The molecule has 3 N–H and O–H groups in total. The van der Waals surface area contributed by atoms with Gasteiger partial charge in [0.2, 0.25) is 0 Å². The third-order valence-corrected chi connectivity index (χ3v) is 4.15. The van der Waals surface area contributed by atoms with Crippen molar-refractivity contribution < 1.29 is 5.11 Å². The largest absolute Gasteiger partial charge is 0.507 e. The molecule has 1 unspecified atom stereocenters. The van der Waals surface area contributed by atoms with Gasteiger partial charge in [0.25, 0.3) is 0 Å². The van der Waals surface area contributed by atoms with Crippen molar-refractivity contribution in [2.24, 2.45) is 0 Å². The van der Waals surface area contributed by atoms with Crippen LogP contribution in [0, 0.1) is 13.8 Å². The Labute approximate surface area is 107 Å². The van der Waals surface area contributed by atoms with E-state index in [2.05, 4.69) is 29.4 Å². The highest BCUT2D eigenvalue weighted by molar-refractivity contribution is 5.91. The number of rotatable bonds is 1. The summed E-state index contributed by atoms with van der Waals surface area (Å²) < 4.78 is 0. The number of benzene rings is 1. The van der Waals surface area contributed by atoms with Crippen LogP contribution >= 0.6 is 0 Å². The normalized spacial score (nSPS) is 20.4. The molecule has 1 atom stereocenters. The van der Waals surface area contributed by atoms with Crippen LogP contribution < -0.4 is 5.32 Å². The molecule has 1 aliphatic rings. The van der Waals surface area contributed by atoms with Gasteiger partial charge in [0.15, 0.2) is 0 Å². The molecule has 1 fully saturated rings. The number of hydrogen-bond donors (Lipinski definition) is 3.